The number of piperidine rings is 1. The van der Waals surface area contributed by atoms with Crippen LogP contribution in [0.2, 0.25) is 0 Å². The quantitative estimate of drug-likeness (QED) is 0.774. The van der Waals surface area contributed by atoms with E-state index >= 15 is 0 Å². The number of nitrogens with zero attached hydrogens (tertiary/aromatic N) is 3. The smallest absolute Gasteiger partial charge is 0.143 e. The van der Waals surface area contributed by atoms with Crippen LogP contribution in [0.5, 0.6) is 0 Å². The maximum atomic E-state index is 4.45. The first kappa shape index (κ1) is 15.1. The van der Waals surface area contributed by atoms with Crippen LogP contribution in [0.3, 0.4) is 0 Å². The number of aromatic nitrogens is 3. The summed E-state index contributed by atoms with van der Waals surface area (Å²) in [6.45, 7) is 5.33. The SMILES string of the molecule is Cc1cc2c(NC3CCN(Cc4ccccc4)CC3)ncnc2[nH]1. The van der Waals surface area contributed by atoms with Gasteiger partial charge in [-0.3, -0.25) is 4.90 Å². The zero-order valence-corrected chi connectivity index (χ0v) is 14.0. The van der Waals surface area contributed by atoms with Crippen molar-refractivity contribution in [1.82, 2.24) is 19.9 Å². The minimum Gasteiger partial charge on any atom is -0.367 e. The second-order valence-corrected chi connectivity index (χ2v) is 6.62. The number of aromatic amines is 1. The van der Waals surface area contributed by atoms with E-state index in [1.165, 1.54) is 5.56 Å². The van der Waals surface area contributed by atoms with Crippen molar-refractivity contribution in [3.63, 3.8) is 0 Å². The largest absolute Gasteiger partial charge is 0.367 e. The van der Waals surface area contributed by atoms with Crippen molar-refractivity contribution in [3.05, 3.63) is 54.0 Å². The van der Waals surface area contributed by atoms with Gasteiger partial charge in [0.05, 0.1) is 5.39 Å². The zero-order valence-electron chi connectivity index (χ0n) is 14.0. The number of nitrogens with one attached hydrogen (secondary N) is 2. The molecule has 1 fully saturated rings. The number of benzene rings is 1. The maximum absolute atomic E-state index is 4.45. The Morgan fingerprint density at radius 1 is 1.17 bits per heavy atom. The predicted octanol–water partition coefficient (Wildman–Crippen LogP) is 3.34. The van der Waals surface area contributed by atoms with Crippen LogP contribution < -0.4 is 5.32 Å². The molecule has 0 unspecified atom stereocenters. The third kappa shape index (κ3) is 3.26. The first-order valence-corrected chi connectivity index (χ1v) is 8.61. The van der Waals surface area contributed by atoms with Gasteiger partial charge in [-0.05, 0) is 31.4 Å². The second kappa shape index (κ2) is 6.61. The van der Waals surface area contributed by atoms with E-state index in [0.29, 0.717) is 6.04 Å². The number of aryl methyl sites for hydroxylation is 1. The Morgan fingerprint density at radius 3 is 2.75 bits per heavy atom. The monoisotopic (exact) mass is 321 g/mol. The number of likely N-dealkylation sites (tertiary alicyclic amines) is 1. The number of rotatable bonds is 4. The fourth-order valence-electron chi connectivity index (χ4n) is 3.46. The summed E-state index contributed by atoms with van der Waals surface area (Å²) in [4.78, 5) is 14.5. The molecular weight excluding hydrogens is 298 g/mol. The van der Waals surface area contributed by atoms with Gasteiger partial charge in [0.25, 0.3) is 0 Å². The number of hydrogen-bond acceptors (Lipinski definition) is 4. The van der Waals surface area contributed by atoms with Gasteiger partial charge in [0.15, 0.2) is 0 Å². The molecule has 0 radical (unpaired) electrons. The average Bonchev–Trinajstić information content (AvgIpc) is 2.99. The summed E-state index contributed by atoms with van der Waals surface area (Å²) >= 11 is 0. The van der Waals surface area contributed by atoms with Gasteiger partial charge in [0.1, 0.15) is 17.8 Å². The highest BCUT2D eigenvalue weighted by molar-refractivity contribution is 5.87. The Kier molecular flexibility index (Phi) is 4.17. The van der Waals surface area contributed by atoms with Gasteiger partial charge in [-0.25, -0.2) is 9.97 Å². The standard InChI is InChI=1S/C19H23N5/c1-14-11-17-18(22-14)20-13-21-19(17)23-16-7-9-24(10-8-16)12-15-5-3-2-4-6-15/h2-6,11,13,16H,7-10,12H2,1H3,(H2,20,21,22,23). The summed E-state index contributed by atoms with van der Waals surface area (Å²) in [6.07, 6.45) is 3.91. The first-order chi connectivity index (χ1) is 11.8. The molecule has 0 amide bonds. The molecule has 124 valence electrons. The molecule has 24 heavy (non-hydrogen) atoms. The summed E-state index contributed by atoms with van der Waals surface area (Å²) in [6, 6.07) is 13.3. The van der Waals surface area contributed by atoms with Crippen molar-refractivity contribution in [3.8, 4) is 0 Å². The molecule has 1 aliphatic heterocycles. The highest BCUT2D eigenvalue weighted by atomic mass is 15.1. The van der Waals surface area contributed by atoms with Crippen molar-refractivity contribution in [2.75, 3.05) is 18.4 Å². The molecule has 0 saturated carbocycles. The van der Waals surface area contributed by atoms with E-state index in [9.17, 15) is 0 Å². The lowest BCUT2D eigenvalue weighted by Gasteiger charge is -2.32. The molecule has 1 saturated heterocycles. The van der Waals surface area contributed by atoms with Crippen molar-refractivity contribution in [2.24, 2.45) is 0 Å². The second-order valence-electron chi connectivity index (χ2n) is 6.62. The van der Waals surface area contributed by atoms with Crippen LogP contribution in [0.25, 0.3) is 11.0 Å². The minimum atomic E-state index is 0.477. The Labute approximate surface area is 142 Å². The van der Waals surface area contributed by atoms with E-state index in [2.05, 4.69) is 61.6 Å². The lowest BCUT2D eigenvalue weighted by atomic mass is 10.0. The van der Waals surface area contributed by atoms with E-state index in [0.717, 1.165) is 55.0 Å². The van der Waals surface area contributed by atoms with Crippen LogP contribution in [-0.4, -0.2) is 39.0 Å². The van der Waals surface area contributed by atoms with Gasteiger partial charge in [0, 0.05) is 31.4 Å². The van der Waals surface area contributed by atoms with Gasteiger partial charge in [-0.15, -0.1) is 0 Å². The van der Waals surface area contributed by atoms with Crippen LogP contribution in [0.1, 0.15) is 24.1 Å². The number of H-pyrrole nitrogens is 1. The topological polar surface area (TPSA) is 56.8 Å². The molecule has 5 nitrogen and oxygen atoms in total. The highest BCUT2D eigenvalue weighted by Gasteiger charge is 2.20. The van der Waals surface area contributed by atoms with Crippen molar-refractivity contribution in [1.29, 1.82) is 0 Å². The summed E-state index contributed by atoms with van der Waals surface area (Å²) in [5.74, 6) is 0.950. The maximum Gasteiger partial charge on any atom is 0.143 e. The van der Waals surface area contributed by atoms with Gasteiger partial charge in [-0.1, -0.05) is 30.3 Å². The van der Waals surface area contributed by atoms with Crippen molar-refractivity contribution in [2.45, 2.75) is 32.4 Å². The van der Waals surface area contributed by atoms with Crippen molar-refractivity contribution < 1.29 is 0 Å². The molecule has 2 N–H and O–H groups in total. The molecule has 1 aromatic carbocycles. The molecule has 0 bridgehead atoms. The molecular formula is C19H23N5. The van der Waals surface area contributed by atoms with E-state index < -0.39 is 0 Å². The van der Waals surface area contributed by atoms with E-state index in [1.54, 1.807) is 6.33 Å². The van der Waals surface area contributed by atoms with Gasteiger partial charge < -0.3 is 10.3 Å². The zero-order chi connectivity index (χ0) is 16.4. The molecule has 2 aromatic heterocycles. The van der Waals surface area contributed by atoms with E-state index in [4.69, 9.17) is 0 Å². The summed E-state index contributed by atoms with van der Waals surface area (Å²) in [5, 5.41) is 4.71. The highest BCUT2D eigenvalue weighted by Crippen LogP contribution is 2.23. The lowest BCUT2D eigenvalue weighted by molar-refractivity contribution is 0.211. The third-order valence-corrected chi connectivity index (χ3v) is 4.74. The fourth-order valence-corrected chi connectivity index (χ4v) is 3.46. The summed E-state index contributed by atoms with van der Waals surface area (Å²) in [7, 11) is 0. The Bertz CT molecular complexity index is 803. The average molecular weight is 321 g/mol. The predicted molar refractivity (Wildman–Crippen MR) is 97.0 cm³/mol. The number of hydrogen-bond donors (Lipinski definition) is 2. The van der Waals surface area contributed by atoms with Crippen LogP contribution in [0.15, 0.2) is 42.7 Å². The molecule has 0 aliphatic carbocycles. The molecule has 1 aliphatic rings. The first-order valence-electron chi connectivity index (χ1n) is 8.61. The Morgan fingerprint density at radius 2 is 1.96 bits per heavy atom. The van der Waals surface area contributed by atoms with Gasteiger partial charge >= 0.3 is 0 Å². The van der Waals surface area contributed by atoms with E-state index in [1.807, 2.05) is 6.92 Å². The molecule has 4 rings (SSSR count). The van der Waals surface area contributed by atoms with E-state index in [-0.39, 0.29) is 0 Å². The van der Waals surface area contributed by atoms with Crippen LogP contribution in [0, 0.1) is 6.92 Å². The number of anilines is 1. The summed E-state index contributed by atoms with van der Waals surface area (Å²) in [5.41, 5.74) is 3.42. The molecule has 3 heterocycles. The minimum absolute atomic E-state index is 0.477. The lowest BCUT2D eigenvalue weighted by Crippen LogP contribution is -2.38. The Hall–Kier alpha value is -2.40. The number of fused-ring (bicyclic) bond motifs is 1. The van der Waals surface area contributed by atoms with Gasteiger partial charge in [0.2, 0.25) is 0 Å². The summed E-state index contributed by atoms with van der Waals surface area (Å²) < 4.78 is 0. The van der Waals surface area contributed by atoms with Crippen LogP contribution in [-0.2, 0) is 6.54 Å². The normalized spacial score (nSPS) is 16.5. The van der Waals surface area contributed by atoms with Crippen LogP contribution >= 0.6 is 0 Å². The Balaban J connectivity index is 1.37. The third-order valence-electron chi connectivity index (χ3n) is 4.74. The fraction of sp³-hybridized carbons (Fsp3) is 0.368. The molecule has 0 atom stereocenters. The van der Waals surface area contributed by atoms with Crippen LogP contribution in [0.4, 0.5) is 5.82 Å². The van der Waals surface area contributed by atoms with Crippen molar-refractivity contribution >= 4 is 16.9 Å². The molecule has 3 aromatic rings. The molecule has 5 heteroatoms. The molecule has 0 spiro atoms. The van der Waals surface area contributed by atoms with Gasteiger partial charge in [-0.2, -0.15) is 0 Å².